The third-order valence-electron chi connectivity index (χ3n) is 3.07. The minimum Gasteiger partial charge on any atom is -0.490 e. The van der Waals surface area contributed by atoms with Crippen molar-refractivity contribution in [3.63, 3.8) is 0 Å². The second-order valence-corrected chi connectivity index (χ2v) is 4.63. The summed E-state index contributed by atoms with van der Waals surface area (Å²) in [6, 6.07) is 5.25. The molecule has 1 atom stereocenters. The van der Waals surface area contributed by atoms with Crippen LogP contribution < -0.4 is 10.4 Å². The average molecular weight is 246 g/mol. The minimum atomic E-state index is -0.320. The molecule has 0 spiro atoms. The summed E-state index contributed by atoms with van der Waals surface area (Å²) in [6.07, 6.45) is 0.231. The van der Waals surface area contributed by atoms with Crippen LogP contribution in [0.2, 0.25) is 0 Å². The molecule has 1 aromatic carbocycles. The van der Waals surface area contributed by atoms with Gasteiger partial charge in [0.15, 0.2) is 0 Å². The largest absolute Gasteiger partial charge is 0.490 e. The summed E-state index contributed by atoms with van der Waals surface area (Å²) in [5.74, 6) is 0.815. The second kappa shape index (κ2) is 4.14. The van der Waals surface area contributed by atoms with E-state index >= 15 is 0 Å². The highest BCUT2D eigenvalue weighted by Gasteiger charge is 2.23. The van der Waals surface area contributed by atoms with E-state index in [9.17, 15) is 4.79 Å². The number of ether oxygens (including phenoxy) is 2. The minimum absolute atomic E-state index is 0.231. The molecule has 0 N–H and O–H groups in total. The van der Waals surface area contributed by atoms with Crippen molar-refractivity contribution in [3.05, 3.63) is 39.7 Å². The molecular formula is C14H14O4. The first-order valence-electron chi connectivity index (χ1n) is 5.93. The Hall–Kier alpha value is -1.81. The maximum absolute atomic E-state index is 11.3. The molecule has 18 heavy (non-hydrogen) atoms. The molecule has 0 amide bonds. The van der Waals surface area contributed by atoms with Crippen LogP contribution in [0, 0.1) is 13.8 Å². The molecule has 0 unspecified atom stereocenters. The lowest BCUT2D eigenvalue weighted by Gasteiger charge is -2.09. The molecule has 1 fully saturated rings. The monoisotopic (exact) mass is 246 g/mol. The van der Waals surface area contributed by atoms with Gasteiger partial charge in [-0.1, -0.05) is 0 Å². The van der Waals surface area contributed by atoms with Gasteiger partial charge < -0.3 is 13.9 Å². The fourth-order valence-corrected chi connectivity index (χ4v) is 1.95. The molecule has 0 saturated carbocycles. The highest BCUT2D eigenvalue weighted by atomic mass is 16.6. The molecule has 4 nitrogen and oxygen atoms in total. The summed E-state index contributed by atoms with van der Waals surface area (Å²) in [5, 5.41) is 0.909. The van der Waals surface area contributed by atoms with E-state index in [-0.39, 0.29) is 11.7 Å². The van der Waals surface area contributed by atoms with Crippen LogP contribution in [0.4, 0.5) is 0 Å². The normalized spacial score (nSPS) is 18.0. The molecule has 1 saturated heterocycles. The Morgan fingerprint density at radius 2 is 2.06 bits per heavy atom. The lowest BCUT2D eigenvalue weighted by atomic mass is 10.1. The molecule has 94 valence electrons. The van der Waals surface area contributed by atoms with Crippen molar-refractivity contribution in [2.45, 2.75) is 20.0 Å². The first kappa shape index (κ1) is 11.3. The number of epoxide rings is 1. The third kappa shape index (κ3) is 2.11. The van der Waals surface area contributed by atoms with Gasteiger partial charge in [0.05, 0.1) is 6.61 Å². The maximum atomic E-state index is 11.3. The van der Waals surface area contributed by atoms with Crippen molar-refractivity contribution in [1.29, 1.82) is 0 Å². The summed E-state index contributed by atoms with van der Waals surface area (Å²) in [6.45, 7) is 5.18. The van der Waals surface area contributed by atoms with Gasteiger partial charge in [0, 0.05) is 11.5 Å². The Morgan fingerprint density at radius 1 is 1.28 bits per heavy atom. The fourth-order valence-electron chi connectivity index (χ4n) is 1.95. The Labute approximate surface area is 104 Å². The third-order valence-corrected chi connectivity index (χ3v) is 3.07. The van der Waals surface area contributed by atoms with Crippen molar-refractivity contribution >= 4 is 11.0 Å². The van der Waals surface area contributed by atoms with Crippen LogP contribution in [0.3, 0.4) is 0 Å². The lowest BCUT2D eigenvalue weighted by molar-refractivity contribution is 0.262. The Balaban J connectivity index is 2.04. The van der Waals surface area contributed by atoms with Crippen molar-refractivity contribution in [1.82, 2.24) is 0 Å². The molecule has 1 aliphatic heterocycles. The van der Waals surface area contributed by atoms with E-state index in [1.807, 2.05) is 26.0 Å². The van der Waals surface area contributed by atoms with E-state index in [4.69, 9.17) is 13.9 Å². The number of benzene rings is 1. The number of hydrogen-bond donors (Lipinski definition) is 0. The van der Waals surface area contributed by atoms with Crippen molar-refractivity contribution in [2.75, 3.05) is 13.2 Å². The van der Waals surface area contributed by atoms with Crippen molar-refractivity contribution in [3.8, 4) is 5.75 Å². The van der Waals surface area contributed by atoms with Gasteiger partial charge in [0.1, 0.15) is 24.0 Å². The zero-order valence-corrected chi connectivity index (χ0v) is 10.4. The summed E-state index contributed by atoms with van der Waals surface area (Å²) < 4.78 is 16.0. The zero-order valence-electron chi connectivity index (χ0n) is 10.4. The van der Waals surface area contributed by atoms with Crippen LogP contribution in [0.25, 0.3) is 11.0 Å². The van der Waals surface area contributed by atoms with Crippen LogP contribution in [-0.2, 0) is 4.74 Å². The van der Waals surface area contributed by atoms with E-state index in [1.165, 1.54) is 6.07 Å². The van der Waals surface area contributed by atoms with Crippen LogP contribution in [-0.4, -0.2) is 19.3 Å². The molecule has 2 heterocycles. The van der Waals surface area contributed by atoms with Gasteiger partial charge >= 0.3 is 5.63 Å². The van der Waals surface area contributed by atoms with Gasteiger partial charge in [-0.2, -0.15) is 0 Å². The number of fused-ring (bicyclic) bond motifs is 1. The summed E-state index contributed by atoms with van der Waals surface area (Å²) in [4.78, 5) is 11.3. The highest BCUT2D eigenvalue weighted by molar-refractivity contribution is 5.82. The second-order valence-electron chi connectivity index (χ2n) is 4.63. The van der Waals surface area contributed by atoms with E-state index in [1.54, 1.807) is 0 Å². The van der Waals surface area contributed by atoms with E-state index in [0.717, 1.165) is 28.9 Å². The van der Waals surface area contributed by atoms with Gasteiger partial charge in [-0.15, -0.1) is 0 Å². The molecule has 4 heteroatoms. The van der Waals surface area contributed by atoms with Crippen LogP contribution >= 0.6 is 0 Å². The van der Waals surface area contributed by atoms with Gasteiger partial charge in [-0.3, -0.25) is 0 Å². The predicted molar refractivity (Wildman–Crippen MR) is 67.2 cm³/mol. The van der Waals surface area contributed by atoms with E-state index in [0.29, 0.717) is 12.2 Å². The van der Waals surface area contributed by atoms with Crippen LogP contribution in [0.5, 0.6) is 5.75 Å². The molecule has 3 rings (SSSR count). The van der Waals surface area contributed by atoms with Gasteiger partial charge in [0.25, 0.3) is 0 Å². The van der Waals surface area contributed by atoms with Crippen molar-refractivity contribution < 1.29 is 13.9 Å². The Morgan fingerprint density at radius 3 is 2.78 bits per heavy atom. The van der Waals surface area contributed by atoms with Crippen LogP contribution in [0.15, 0.2) is 27.4 Å². The summed E-state index contributed by atoms with van der Waals surface area (Å²) >= 11 is 0. The number of hydrogen-bond acceptors (Lipinski definition) is 4. The summed E-state index contributed by atoms with van der Waals surface area (Å²) in [5.41, 5.74) is 2.14. The molecule has 0 bridgehead atoms. The van der Waals surface area contributed by atoms with Gasteiger partial charge in [0.2, 0.25) is 0 Å². The molecule has 0 aliphatic carbocycles. The number of rotatable bonds is 3. The average Bonchev–Trinajstić information content (AvgIpc) is 3.10. The highest BCUT2D eigenvalue weighted by Crippen LogP contribution is 2.27. The van der Waals surface area contributed by atoms with E-state index < -0.39 is 0 Å². The quantitative estimate of drug-likeness (QED) is 0.615. The van der Waals surface area contributed by atoms with Gasteiger partial charge in [-0.25, -0.2) is 4.79 Å². The molecule has 0 radical (unpaired) electrons. The standard InChI is InChI=1S/C14H14O4/c1-8-4-14(15)18-13-3-9(2)12(5-11(8)13)17-7-10-6-16-10/h3-5,10H,6-7H2,1-2H3/t10-/m0/s1. The van der Waals surface area contributed by atoms with Gasteiger partial charge in [-0.05, 0) is 37.1 Å². The number of aryl methyl sites for hydroxylation is 2. The first-order valence-corrected chi connectivity index (χ1v) is 5.93. The molecular weight excluding hydrogens is 232 g/mol. The van der Waals surface area contributed by atoms with E-state index in [2.05, 4.69) is 0 Å². The Bertz CT molecular complexity index is 653. The smallest absolute Gasteiger partial charge is 0.336 e. The van der Waals surface area contributed by atoms with Crippen LogP contribution in [0.1, 0.15) is 11.1 Å². The lowest BCUT2D eigenvalue weighted by Crippen LogP contribution is -2.05. The molecule has 1 aliphatic rings. The SMILES string of the molecule is Cc1cc2oc(=O)cc(C)c2cc1OC[C@@H]1CO1. The maximum Gasteiger partial charge on any atom is 0.336 e. The fraction of sp³-hybridized carbons (Fsp3) is 0.357. The topological polar surface area (TPSA) is 52.0 Å². The first-order chi connectivity index (χ1) is 8.63. The Kier molecular flexibility index (Phi) is 2.59. The molecule has 2 aromatic rings. The van der Waals surface area contributed by atoms with Crippen molar-refractivity contribution in [2.24, 2.45) is 0 Å². The summed E-state index contributed by atoms with van der Waals surface area (Å²) in [7, 11) is 0. The molecule has 1 aromatic heterocycles. The predicted octanol–water partition coefficient (Wildman–Crippen LogP) is 2.19. The zero-order chi connectivity index (χ0) is 12.7.